The van der Waals surface area contributed by atoms with Gasteiger partial charge >= 0.3 is 5.97 Å². The second kappa shape index (κ2) is 8.39. The van der Waals surface area contributed by atoms with Gasteiger partial charge in [0, 0.05) is 20.5 Å². The predicted octanol–water partition coefficient (Wildman–Crippen LogP) is 2.45. The standard InChI is InChI=1S/C13H23IO5/c1-13(2,19-14)18-12(16)9-17-8-11-5-3-10(7-15)4-6-11/h10-11,15H,3-9H2,1-2H3. The van der Waals surface area contributed by atoms with Crippen LogP contribution in [0.1, 0.15) is 39.5 Å². The van der Waals surface area contributed by atoms with Gasteiger partial charge in [0.2, 0.25) is 5.79 Å². The molecule has 0 amide bonds. The number of aliphatic hydroxyl groups is 1. The molecule has 0 aliphatic heterocycles. The number of rotatable bonds is 7. The maximum absolute atomic E-state index is 11.5. The zero-order chi connectivity index (χ0) is 14.3. The van der Waals surface area contributed by atoms with E-state index in [2.05, 4.69) is 0 Å². The van der Waals surface area contributed by atoms with Crippen molar-refractivity contribution in [2.45, 2.75) is 45.3 Å². The van der Waals surface area contributed by atoms with Crippen molar-refractivity contribution in [2.24, 2.45) is 11.8 Å². The molecule has 0 spiro atoms. The Kier molecular flexibility index (Phi) is 7.56. The van der Waals surface area contributed by atoms with Gasteiger partial charge in [0.05, 0.1) is 6.61 Å². The number of esters is 1. The lowest BCUT2D eigenvalue weighted by atomic mass is 9.83. The fourth-order valence-electron chi connectivity index (χ4n) is 2.21. The molecule has 19 heavy (non-hydrogen) atoms. The average Bonchev–Trinajstić information content (AvgIpc) is 2.39. The van der Waals surface area contributed by atoms with E-state index in [1.807, 2.05) is 0 Å². The molecule has 112 valence electrons. The Labute approximate surface area is 128 Å². The van der Waals surface area contributed by atoms with Gasteiger partial charge < -0.3 is 14.6 Å². The molecule has 0 atom stereocenters. The minimum atomic E-state index is -0.916. The summed E-state index contributed by atoms with van der Waals surface area (Å²) in [6.45, 7) is 4.18. The summed E-state index contributed by atoms with van der Waals surface area (Å²) in [5.41, 5.74) is 0. The highest BCUT2D eigenvalue weighted by Crippen LogP contribution is 2.28. The van der Waals surface area contributed by atoms with Gasteiger partial charge in [0.15, 0.2) is 0 Å². The minimum absolute atomic E-state index is 0.0383. The van der Waals surface area contributed by atoms with Crippen molar-refractivity contribution < 1.29 is 22.4 Å². The molecule has 0 aromatic rings. The lowest BCUT2D eigenvalue weighted by Crippen LogP contribution is -2.30. The molecule has 0 aromatic carbocycles. The van der Waals surface area contributed by atoms with E-state index in [1.54, 1.807) is 36.9 Å². The number of carbonyl (C=O) groups is 1. The van der Waals surface area contributed by atoms with Crippen LogP contribution in [-0.4, -0.2) is 36.7 Å². The first kappa shape index (κ1) is 17.1. The smallest absolute Gasteiger partial charge is 0.334 e. The minimum Gasteiger partial charge on any atom is -0.431 e. The monoisotopic (exact) mass is 386 g/mol. The molecule has 1 aliphatic rings. The number of ether oxygens (including phenoxy) is 2. The molecular weight excluding hydrogens is 363 g/mol. The summed E-state index contributed by atoms with van der Waals surface area (Å²) in [6, 6.07) is 0. The summed E-state index contributed by atoms with van der Waals surface area (Å²) in [6.07, 6.45) is 4.21. The van der Waals surface area contributed by atoms with E-state index in [1.165, 1.54) is 0 Å². The lowest BCUT2D eigenvalue weighted by molar-refractivity contribution is -0.183. The van der Waals surface area contributed by atoms with Crippen LogP contribution in [-0.2, 0) is 17.3 Å². The molecule has 5 nitrogen and oxygen atoms in total. The Balaban J connectivity index is 2.12. The van der Waals surface area contributed by atoms with Gasteiger partial charge in [-0.15, -0.1) is 0 Å². The van der Waals surface area contributed by atoms with Gasteiger partial charge in [0.25, 0.3) is 0 Å². The Bertz CT molecular complexity index is 274. The van der Waals surface area contributed by atoms with Gasteiger partial charge in [0.1, 0.15) is 29.6 Å². The first-order valence-corrected chi connectivity index (χ1v) is 7.55. The molecule has 1 saturated carbocycles. The molecule has 0 saturated heterocycles. The molecule has 1 aliphatic carbocycles. The second-order valence-electron chi connectivity index (χ2n) is 5.54. The maximum Gasteiger partial charge on any atom is 0.334 e. The predicted molar refractivity (Wildman–Crippen MR) is 78.6 cm³/mol. The average molecular weight is 386 g/mol. The quantitative estimate of drug-likeness (QED) is 0.414. The van der Waals surface area contributed by atoms with Crippen molar-refractivity contribution in [3.63, 3.8) is 0 Å². The lowest BCUT2D eigenvalue weighted by Gasteiger charge is -2.27. The topological polar surface area (TPSA) is 65.0 Å². The van der Waals surface area contributed by atoms with Crippen molar-refractivity contribution in [3.05, 3.63) is 0 Å². The molecule has 1 N–H and O–H groups in total. The zero-order valence-corrected chi connectivity index (χ0v) is 13.7. The largest absolute Gasteiger partial charge is 0.431 e. The fourth-order valence-corrected chi connectivity index (χ4v) is 2.30. The van der Waals surface area contributed by atoms with Crippen LogP contribution in [0.25, 0.3) is 0 Å². The van der Waals surface area contributed by atoms with E-state index < -0.39 is 11.8 Å². The van der Waals surface area contributed by atoms with Crippen LogP contribution in [0.4, 0.5) is 0 Å². The zero-order valence-electron chi connectivity index (χ0n) is 11.6. The first-order chi connectivity index (χ1) is 8.96. The van der Waals surface area contributed by atoms with E-state index in [9.17, 15) is 4.79 Å². The molecular formula is C13H23IO5. The fraction of sp³-hybridized carbons (Fsp3) is 0.923. The Morgan fingerprint density at radius 3 is 2.37 bits per heavy atom. The van der Waals surface area contributed by atoms with Crippen molar-refractivity contribution in [2.75, 3.05) is 19.8 Å². The molecule has 0 unspecified atom stereocenters. The molecule has 1 fully saturated rings. The molecule has 0 heterocycles. The first-order valence-electron chi connectivity index (χ1n) is 6.67. The number of aliphatic hydroxyl groups excluding tert-OH is 1. The SMILES string of the molecule is CC(C)(OI)OC(=O)COCC1CCC(CO)CC1. The van der Waals surface area contributed by atoms with E-state index >= 15 is 0 Å². The number of halogens is 1. The molecule has 1 rings (SSSR count). The number of carbonyl (C=O) groups excluding carboxylic acids is 1. The van der Waals surface area contributed by atoms with Crippen LogP contribution in [0.5, 0.6) is 0 Å². The van der Waals surface area contributed by atoms with Crippen LogP contribution in [0, 0.1) is 11.8 Å². The van der Waals surface area contributed by atoms with Crippen LogP contribution in [0.15, 0.2) is 0 Å². The maximum atomic E-state index is 11.5. The van der Waals surface area contributed by atoms with E-state index in [0.717, 1.165) is 25.7 Å². The Morgan fingerprint density at radius 2 is 1.84 bits per heavy atom. The van der Waals surface area contributed by atoms with Crippen LogP contribution in [0.3, 0.4) is 0 Å². The van der Waals surface area contributed by atoms with Gasteiger partial charge in [-0.3, -0.25) is 3.07 Å². The van der Waals surface area contributed by atoms with Crippen molar-refractivity contribution >= 4 is 29.0 Å². The third kappa shape index (κ3) is 6.87. The van der Waals surface area contributed by atoms with E-state index in [-0.39, 0.29) is 13.2 Å². The number of hydrogen-bond donors (Lipinski definition) is 1. The van der Waals surface area contributed by atoms with Crippen molar-refractivity contribution in [1.29, 1.82) is 0 Å². The van der Waals surface area contributed by atoms with Crippen molar-refractivity contribution in [3.8, 4) is 0 Å². The Morgan fingerprint density at radius 1 is 1.26 bits per heavy atom. The summed E-state index contributed by atoms with van der Waals surface area (Å²) in [4.78, 5) is 11.5. The van der Waals surface area contributed by atoms with Crippen LogP contribution < -0.4 is 0 Å². The van der Waals surface area contributed by atoms with E-state index in [4.69, 9.17) is 17.6 Å². The Hall–Kier alpha value is 0.0800. The van der Waals surface area contributed by atoms with Crippen LogP contribution in [0.2, 0.25) is 0 Å². The normalized spacial score (nSPS) is 24.2. The second-order valence-corrected chi connectivity index (χ2v) is 5.98. The summed E-state index contributed by atoms with van der Waals surface area (Å²) in [5, 5.41) is 9.05. The third-order valence-electron chi connectivity index (χ3n) is 3.34. The van der Waals surface area contributed by atoms with Crippen LogP contribution >= 0.6 is 23.0 Å². The summed E-state index contributed by atoms with van der Waals surface area (Å²) < 4.78 is 15.5. The highest BCUT2D eigenvalue weighted by molar-refractivity contribution is 14.1. The van der Waals surface area contributed by atoms with Gasteiger partial charge in [-0.2, -0.15) is 0 Å². The summed E-state index contributed by atoms with van der Waals surface area (Å²) in [7, 11) is 0. The van der Waals surface area contributed by atoms with Gasteiger partial charge in [-0.25, -0.2) is 4.79 Å². The van der Waals surface area contributed by atoms with Gasteiger partial charge in [-0.05, 0) is 37.5 Å². The molecule has 0 aromatic heterocycles. The highest BCUT2D eigenvalue weighted by atomic mass is 127. The summed E-state index contributed by atoms with van der Waals surface area (Å²) in [5.74, 6) is -0.391. The molecule has 0 bridgehead atoms. The third-order valence-corrected chi connectivity index (χ3v) is 4.40. The van der Waals surface area contributed by atoms with Crippen molar-refractivity contribution in [1.82, 2.24) is 0 Å². The number of hydrogen-bond acceptors (Lipinski definition) is 5. The molecule has 6 heteroatoms. The van der Waals surface area contributed by atoms with Gasteiger partial charge in [-0.1, -0.05) is 0 Å². The van der Waals surface area contributed by atoms with E-state index in [0.29, 0.717) is 18.4 Å². The summed E-state index contributed by atoms with van der Waals surface area (Å²) >= 11 is 1.70. The highest BCUT2D eigenvalue weighted by Gasteiger charge is 2.24. The molecule has 0 radical (unpaired) electrons.